The lowest BCUT2D eigenvalue weighted by molar-refractivity contribution is 0.103. The number of aromatic nitrogens is 1. The van der Waals surface area contributed by atoms with Gasteiger partial charge in [0.05, 0.1) is 27.4 Å². The van der Waals surface area contributed by atoms with E-state index in [9.17, 15) is 4.79 Å². The van der Waals surface area contributed by atoms with Crippen LogP contribution < -0.4 is 10.1 Å². The van der Waals surface area contributed by atoms with Crippen LogP contribution in [0.1, 0.15) is 9.67 Å². The first kappa shape index (κ1) is 17.8. The quantitative estimate of drug-likeness (QED) is 0.382. The highest BCUT2D eigenvalue weighted by Gasteiger charge is 2.19. The molecule has 1 amide bonds. The molecule has 2 aromatic heterocycles. The number of amides is 1. The molecule has 4 rings (SSSR count). The Bertz CT molecular complexity index is 1170. The van der Waals surface area contributed by atoms with Crippen LogP contribution in [0.2, 0.25) is 15.1 Å². The second kappa shape index (κ2) is 6.87. The van der Waals surface area contributed by atoms with E-state index in [-0.39, 0.29) is 5.91 Å². The number of carbonyl (C=O) groups is 1. The molecule has 0 atom stereocenters. The number of fused-ring (bicyclic) bond motifs is 2. The van der Waals surface area contributed by atoms with E-state index >= 15 is 0 Å². The molecule has 0 aliphatic rings. The molecule has 1 N–H and O–H groups in total. The molecule has 0 fully saturated rings. The molecule has 2 heterocycles. The maximum Gasteiger partial charge on any atom is 0.269 e. The predicted molar refractivity (Wildman–Crippen MR) is 111 cm³/mol. The number of nitrogens with zero attached hydrogens (tertiary/aromatic N) is 1. The van der Waals surface area contributed by atoms with E-state index in [0.29, 0.717) is 36.3 Å². The summed E-state index contributed by atoms with van der Waals surface area (Å²) >= 11 is 21.1. The number of ether oxygens (including phenoxy) is 1. The molecule has 4 aromatic rings. The predicted octanol–water partition coefficient (Wildman–Crippen LogP) is 6.73. The fourth-order valence-electron chi connectivity index (χ4n) is 2.48. The molecule has 0 saturated heterocycles. The number of nitrogens with one attached hydrogen (secondary N) is 1. The topological polar surface area (TPSA) is 51.2 Å². The number of methoxy groups -OCH3 is 1. The Morgan fingerprint density at radius 1 is 1.12 bits per heavy atom. The van der Waals surface area contributed by atoms with Gasteiger partial charge in [0.25, 0.3) is 5.91 Å². The van der Waals surface area contributed by atoms with Crippen molar-refractivity contribution in [3.8, 4) is 5.75 Å². The highest BCUT2D eigenvalue weighted by molar-refractivity contribution is 7.23. The lowest BCUT2D eigenvalue weighted by atomic mass is 10.2. The number of hydrogen-bond acceptors (Lipinski definition) is 5. The maximum atomic E-state index is 12.7. The van der Waals surface area contributed by atoms with Gasteiger partial charge >= 0.3 is 0 Å². The average Bonchev–Trinajstić information content (AvgIpc) is 3.13. The van der Waals surface area contributed by atoms with E-state index in [4.69, 9.17) is 39.5 Å². The van der Waals surface area contributed by atoms with Crippen LogP contribution in [0.15, 0.2) is 30.3 Å². The number of rotatable bonds is 3. The first-order valence-corrected chi connectivity index (χ1v) is 10.1. The zero-order valence-electron chi connectivity index (χ0n) is 13.1. The maximum absolute atomic E-state index is 12.7. The second-order valence-electron chi connectivity index (χ2n) is 5.31. The van der Waals surface area contributed by atoms with Gasteiger partial charge in [0.2, 0.25) is 0 Å². The van der Waals surface area contributed by atoms with Gasteiger partial charge in [-0.3, -0.25) is 10.1 Å². The van der Waals surface area contributed by atoms with E-state index < -0.39 is 0 Å². The Morgan fingerprint density at radius 2 is 1.92 bits per heavy atom. The minimum atomic E-state index is -0.315. The molecule has 9 heteroatoms. The number of benzene rings is 2. The van der Waals surface area contributed by atoms with E-state index in [1.54, 1.807) is 37.4 Å². The van der Waals surface area contributed by atoms with Crippen LogP contribution in [0.3, 0.4) is 0 Å². The van der Waals surface area contributed by atoms with Crippen molar-refractivity contribution in [2.45, 2.75) is 0 Å². The summed E-state index contributed by atoms with van der Waals surface area (Å²) in [7, 11) is 1.55. The van der Waals surface area contributed by atoms with Gasteiger partial charge in [-0.25, -0.2) is 4.98 Å². The van der Waals surface area contributed by atoms with E-state index in [1.807, 2.05) is 0 Å². The fourth-order valence-corrected chi connectivity index (χ4v) is 5.27. The number of hydrogen-bond donors (Lipinski definition) is 1. The summed E-state index contributed by atoms with van der Waals surface area (Å²) in [5, 5.41) is 5.53. The number of anilines is 1. The molecule has 4 nitrogen and oxygen atoms in total. The van der Waals surface area contributed by atoms with Gasteiger partial charge in [0.15, 0.2) is 5.13 Å². The van der Waals surface area contributed by atoms with Crippen LogP contribution in [0, 0.1) is 0 Å². The lowest BCUT2D eigenvalue weighted by Gasteiger charge is -2.00. The van der Waals surface area contributed by atoms with E-state index in [2.05, 4.69) is 10.3 Å². The molecular weight excluding hydrogens is 435 g/mol. The Balaban J connectivity index is 1.68. The summed E-state index contributed by atoms with van der Waals surface area (Å²) in [5.74, 6) is 0.245. The van der Waals surface area contributed by atoms with Gasteiger partial charge in [-0.2, -0.15) is 0 Å². The number of thiophene rings is 1. The average molecular weight is 444 g/mol. The van der Waals surface area contributed by atoms with Crippen LogP contribution in [0.25, 0.3) is 20.3 Å². The largest absolute Gasteiger partial charge is 0.495 e. The summed E-state index contributed by atoms with van der Waals surface area (Å²) < 4.78 is 6.92. The van der Waals surface area contributed by atoms with Gasteiger partial charge in [0.1, 0.15) is 10.6 Å². The van der Waals surface area contributed by atoms with Crippen molar-refractivity contribution in [2.24, 2.45) is 0 Å². The van der Waals surface area contributed by atoms with E-state index in [1.165, 1.54) is 22.7 Å². The number of halogens is 3. The minimum Gasteiger partial charge on any atom is -0.495 e. The van der Waals surface area contributed by atoms with Crippen LogP contribution in [0.4, 0.5) is 5.13 Å². The summed E-state index contributed by atoms with van der Waals surface area (Å²) in [5.41, 5.74) is 0.685. The van der Waals surface area contributed by atoms with Crippen LogP contribution in [-0.2, 0) is 0 Å². The first-order valence-electron chi connectivity index (χ1n) is 7.29. The highest BCUT2D eigenvalue weighted by atomic mass is 35.5. The third-order valence-corrected chi connectivity index (χ3v) is 6.80. The molecule has 26 heavy (non-hydrogen) atoms. The SMILES string of the molecule is COc1cc2sc(NC(=O)c3sc4cc(Cl)ccc4c3Cl)nc2cc1Cl. The molecular formula is C17H9Cl3N2O2S2. The molecule has 2 aromatic carbocycles. The zero-order valence-corrected chi connectivity index (χ0v) is 17.0. The molecule has 0 radical (unpaired) electrons. The van der Waals surface area contributed by atoms with Crippen molar-refractivity contribution in [3.05, 3.63) is 50.3 Å². The van der Waals surface area contributed by atoms with Gasteiger partial charge in [-0.1, -0.05) is 52.2 Å². The summed E-state index contributed by atoms with van der Waals surface area (Å²) in [6.07, 6.45) is 0. The Hall–Kier alpha value is -1.57. The number of thiazole rings is 1. The third kappa shape index (κ3) is 3.12. The molecule has 0 spiro atoms. The second-order valence-corrected chi connectivity index (χ2v) is 8.62. The van der Waals surface area contributed by atoms with Gasteiger partial charge in [-0.05, 0) is 18.2 Å². The van der Waals surface area contributed by atoms with Crippen molar-refractivity contribution in [2.75, 3.05) is 12.4 Å². The summed E-state index contributed by atoms with van der Waals surface area (Å²) in [6, 6.07) is 8.83. The summed E-state index contributed by atoms with van der Waals surface area (Å²) in [4.78, 5) is 17.5. The highest BCUT2D eigenvalue weighted by Crippen LogP contribution is 2.38. The lowest BCUT2D eigenvalue weighted by Crippen LogP contribution is -2.10. The van der Waals surface area contributed by atoms with Crippen molar-refractivity contribution in [1.29, 1.82) is 0 Å². The first-order chi connectivity index (χ1) is 12.5. The monoisotopic (exact) mass is 442 g/mol. The Kier molecular flexibility index (Phi) is 4.71. The molecule has 132 valence electrons. The van der Waals surface area contributed by atoms with Crippen molar-refractivity contribution < 1.29 is 9.53 Å². The smallest absolute Gasteiger partial charge is 0.269 e. The zero-order chi connectivity index (χ0) is 18.4. The molecule has 0 aliphatic heterocycles. The van der Waals surface area contributed by atoms with Gasteiger partial charge in [-0.15, -0.1) is 11.3 Å². The van der Waals surface area contributed by atoms with Gasteiger partial charge < -0.3 is 4.74 Å². The van der Waals surface area contributed by atoms with Crippen LogP contribution in [-0.4, -0.2) is 18.0 Å². The normalized spacial score (nSPS) is 11.2. The Morgan fingerprint density at radius 3 is 2.69 bits per heavy atom. The van der Waals surface area contributed by atoms with Crippen LogP contribution >= 0.6 is 57.5 Å². The summed E-state index contributed by atoms with van der Waals surface area (Å²) in [6.45, 7) is 0. The standard InChI is InChI=1S/C17H9Cl3N2O2S2/c1-24-11-6-13-10(5-9(11)19)21-17(26-13)22-16(23)15-14(20)8-3-2-7(18)4-12(8)25-15/h2-6H,1H3,(H,21,22,23). The minimum absolute atomic E-state index is 0.315. The van der Waals surface area contributed by atoms with Crippen molar-refractivity contribution in [1.82, 2.24) is 4.98 Å². The molecule has 0 bridgehead atoms. The van der Waals surface area contributed by atoms with Crippen molar-refractivity contribution in [3.63, 3.8) is 0 Å². The van der Waals surface area contributed by atoms with Crippen molar-refractivity contribution >= 4 is 88.8 Å². The van der Waals surface area contributed by atoms with Gasteiger partial charge in [0, 0.05) is 21.2 Å². The third-order valence-electron chi connectivity index (χ3n) is 3.68. The molecule has 0 unspecified atom stereocenters. The molecule has 0 saturated carbocycles. The van der Waals surface area contributed by atoms with E-state index in [0.717, 1.165) is 14.8 Å². The fraction of sp³-hybridized carbons (Fsp3) is 0.0588. The Labute approximate surface area is 171 Å². The van der Waals surface area contributed by atoms with Crippen LogP contribution in [0.5, 0.6) is 5.75 Å². The molecule has 0 aliphatic carbocycles. The number of carbonyl (C=O) groups excluding carboxylic acids is 1.